The first-order valence-electron chi connectivity index (χ1n) is 6.67. The molecule has 5 nitrogen and oxygen atoms in total. The molecule has 1 unspecified atom stereocenters. The number of carbonyl (C=O) groups is 2. The molecule has 2 rings (SSSR count). The van der Waals surface area contributed by atoms with Crippen molar-refractivity contribution in [3.63, 3.8) is 0 Å². The van der Waals surface area contributed by atoms with E-state index in [9.17, 15) is 14.7 Å². The quantitative estimate of drug-likeness (QED) is 0.865. The summed E-state index contributed by atoms with van der Waals surface area (Å²) in [6, 6.07) is 7.07. The van der Waals surface area contributed by atoms with E-state index < -0.39 is 11.5 Å². The zero-order valence-corrected chi connectivity index (χ0v) is 12.0. The zero-order chi connectivity index (χ0) is 14.9. The molecule has 0 saturated carbocycles. The van der Waals surface area contributed by atoms with Crippen molar-refractivity contribution in [3.05, 3.63) is 24.3 Å². The van der Waals surface area contributed by atoms with Crippen molar-refractivity contribution < 1.29 is 14.7 Å². The van der Waals surface area contributed by atoms with E-state index in [0.717, 1.165) is 5.69 Å². The Bertz CT molecular complexity index is 517. The number of aliphatic hydroxyl groups excluding tert-OH is 1. The van der Waals surface area contributed by atoms with Gasteiger partial charge in [0, 0.05) is 16.8 Å². The van der Waals surface area contributed by atoms with Gasteiger partial charge >= 0.3 is 0 Å². The van der Waals surface area contributed by atoms with Crippen LogP contribution in [-0.4, -0.2) is 29.6 Å². The van der Waals surface area contributed by atoms with E-state index in [2.05, 4.69) is 5.32 Å². The van der Waals surface area contributed by atoms with E-state index in [1.54, 1.807) is 29.2 Å². The van der Waals surface area contributed by atoms with Gasteiger partial charge in [0.15, 0.2) is 0 Å². The molecule has 0 radical (unpaired) electrons. The minimum absolute atomic E-state index is 0.0575. The van der Waals surface area contributed by atoms with E-state index >= 15 is 0 Å². The predicted octanol–water partition coefficient (Wildman–Crippen LogP) is 1.77. The lowest BCUT2D eigenvalue weighted by atomic mass is 9.95. The fourth-order valence-electron chi connectivity index (χ4n) is 1.98. The molecule has 1 aromatic rings. The highest BCUT2D eigenvalue weighted by Crippen LogP contribution is 2.24. The molecule has 20 heavy (non-hydrogen) atoms. The van der Waals surface area contributed by atoms with Gasteiger partial charge in [0.2, 0.25) is 11.8 Å². The van der Waals surface area contributed by atoms with Gasteiger partial charge < -0.3 is 15.3 Å². The number of carbonyl (C=O) groups excluding carboxylic acids is 2. The molecule has 0 bridgehead atoms. The normalized spacial score (nSPS) is 19.3. The first-order valence-corrected chi connectivity index (χ1v) is 6.67. The summed E-state index contributed by atoms with van der Waals surface area (Å²) in [6.45, 7) is 5.87. The molecule has 1 aromatic carbocycles. The third kappa shape index (κ3) is 3.17. The van der Waals surface area contributed by atoms with Crippen molar-refractivity contribution >= 4 is 23.2 Å². The average Bonchev–Trinajstić information content (AvgIpc) is 2.68. The molecule has 1 heterocycles. The van der Waals surface area contributed by atoms with Gasteiger partial charge in [0.25, 0.3) is 0 Å². The topological polar surface area (TPSA) is 69.6 Å². The van der Waals surface area contributed by atoms with Crippen LogP contribution in [0.25, 0.3) is 0 Å². The molecule has 0 spiro atoms. The highest BCUT2D eigenvalue weighted by Gasteiger charge is 2.29. The Balaban J connectivity index is 2.07. The van der Waals surface area contributed by atoms with Gasteiger partial charge in [-0.05, 0) is 24.3 Å². The van der Waals surface area contributed by atoms with Gasteiger partial charge in [-0.25, -0.2) is 0 Å². The lowest BCUT2D eigenvalue weighted by molar-refractivity contribution is -0.123. The zero-order valence-electron chi connectivity index (χ0n) is 12.0. The van der Waals surface area contributed by atoms with Crippen LogP contribution in [0, 0.1) is 5.41 Å². The second kappa shape index (κ2) is 5.25. The smallest absolute Gasteiger partial charge is 0.229 e. The van der Waals surface area contributed by atoms with E-state index in [-0.39, 0.29) is 18.2 Å². The molecule has 1 aliphatic heterocycles. The second-order valence-corrected chi connectivity index (χ2v) is 6.11. The number of hydrogen-bond donors (Lipinski definition) is 2. The molecule has 0 aliphatic carbocycles. The Morgan fingerprint density at radius 2 is 1.90 bits per heavy atom. The van der Waals surface area contributed by atoms with Crippen LogP contribution >= 0.6 is 0 Å². The maximum absolute atomic E-state index is 11.9. The number of amides is 2. The van der Waals surface area contributed by atoms with E-state index in [1.165, 1.54) is 0 Å². The molecular formula is C15H20N2O3. The first kappa shape index (κ1) is 14.5. The Labute approximate surface area is 118 Å². The Morgan fingerprint density at radius 1 is 1.30 bits per heavy atom. The highest BCUT2D eigenvalue weighted by atomic mass is 16.3. The second-order valence-electron chi connectivity index (χ2n) is 6.11. The van der Waals surface area contributed by atoms with Crippen LogP contribution in [0.2, 0.25) is 0 Å². The molecular weight excluding hydrogens is 256 g/mol. The predicted molar refractivity (Wildman–Crippen MR) is 77.5 cm³/mol. The summed E-state index contributed by atoms with van der Waals surface area (Å²) in [5.74, 6) is -0.137. The maximum Gasteiger partial charge on any atom is 0.229 e. The summed E-state index contributed by atoms with van der Waals surface area (Å²) in [5.41, 5.74) is 0.981. The minimum Gasteiger partial charge on any atom is -0.391 e. The highest BCUT2D eigenvalue weighted by molar-refractivity contribution is 5.97. The van der Waals surface area contributed by atoms with Crippen molar-refractivity contribution in [1.82, 2.24) is 0 Å². The summed E-state index contributed by atoms with van der Waals surface area (Å²) in [4.78, 5) is 25.1. The van der Waals surface area contributed by atoms with Crippen molar-refractivity contribution in [2.45, 2.75) is 33.3 Å². The molecule has 108 valence electrons. The van der Waals surface area contributed by atoms with Gasteiger partial charge in [-0.1, -0.05) is 20.8 Å². The van der Waals surface area contributed by atoms with E-state index in [4.69, 9.17) is 0 Å². The molecule has 1 saturated heterocycles. The van der Waals surface area contributed by atoms with Crippen LogP contribution in [0.1, 0.15) is 27.2 Å². The standard InChI is InChI=1S/C15H20N2O3/c1-15(2,3)14(20)16-10-4-6-11(7-5-10)17-9-12(18)8-13(17)19/h4-7,12,18H,8-9H2,1-3H3,(H,16,20). The molecule has 1 aliphatic rings. The molecule has 1 atom stereocenters. The van der Waals surface area contributed by atoms with E-state index in [0.29, 0.717) is 12.2 Å². The number of aliphatic hydroxyl groups is 1. The third-order valence-electron chi connectivity index (χ3n) is 3.22. The van der Waals surface area contributed by atoms with Crippen molar-refractivity contribution in [1.29, 1.82) is 0 Å². The summed E-state index contributed by atoms with van der Waals surface area (Å²) < 4.78 is 0. The molecule has 2 amide bonds. The fourth-order valence-corrected chi connectivity index (χ4v) is 1.98. The molecule has 2 N–H and O–H groups in total. The molecule has 1 fully saturated rings. The Morgan fingerprint density at radius 3 is 2.35 bits per heavy atom. The number of nitrogens with zero attached hydrogens (tertiary/aromatic N) is 1. The monoisotopic (exact) mass is 276 g/mol. The summed E-state index contributed by atoms with van der Waals surface area (Å²) in [5, 5.41) is 12.3. The van der Waals surface area contributed by atoms with Crippen LogP contribution < -0.4 is 10.2 Å². The summed E-state index contributed by atoms with van der Waals surface area (Å²) in [6.07, 6.45) is -0.425. The van der Waals surface area contributed by atoms with Crippen LogP contribution in [0.4, 0.5) is 11.4 Å². The van der Waals surface area contributed by atoms with Crippen LogP contribution in [0.3, 0.4) is 0 Å². The van der Waals surface area contributed by atoms with Crippen molar-refractivity contribution in [3.8, 4) is 0 Å². The van der Waals surface area contributed by atoms with Crippen LogP contribution in [0.5, 0.6) is 0 Å². The molecule has 0 aromatic heterocycles. The van der Waals surface area contributed by atoms with Gasteiger partial charge in [-0.3, -0.25) is 9.59 Å². The van der Waals surface area contributed by atoms with E-state index in [1.807, 2.05) is 20.8 Å². The van der Waals surface area contributed by atoms with Crippen LogP contribution in [-0.2, 0) is 9.59 Å². The largest absolute Gasteiger partial charge is 0.391 e. The summed E-state index contributed by atoms with van der Waals surface area (Å²) >= 11 is 0. The Hall–Kier alpha value is -1.88. The maximum atomic E-state index is 11.9. The Kier molecular flexibility index (Phi) is 3.81. The molecule has 5 heteroatoms. The van der Waals surface area contributed by atoms with Crippen molar-refractivity contribution in [2.75, 3.05) is 16.8 Å². The van der Waals surface area contributed by atoms with Gasteiger partial charge in [-0.15, -0.1) is 0 Å². The lowest BCUT2D eigenvalue weighted by Crippen LogP contribution is -2.28. The average molecular weight is 276 g/mol. The minimum atomic E-state index is -0.595. The lowest BCUT2D eigenvalue weighted by Gasteiger charge is -2.19. The number of benzene rings is 1. The number of β-amino-alcohol motifs (C(OH)–C–C–N with tert-alkyl or cyclic N) is 1. The number of nitrogens with one attached hydrogen (secondary N) is 1. The first-order chi connectivity index (χ1) is 9.27. The van der Waals surface area contributed by atoms with Gasteiger partial charge in [0.05, 0.1) is 19.1 Å². The SMILES string of the molecule is CC(C)(C)C(=O)Nc1ccc(N2CC(O)CC2=O)cc1. The summed E-state index contributed by atoms with van der Waals surface area (Å²) in [7, 11) is 0. The van der Waals surface area contributed by atoms with Crippen molar-refractivity contribution in [2.24, 2.45) is 5.41 Å². The van der Waals surface area contributed by atoms with Gasteiger partial charge in [-0.2, -0.15) is 0 Å². The number of anilines is 2. The number of hydrogen-bond acceptors (Lipinski definition) is 3. The third-order valence-corrected chi connectivity index (χ3v) is 3.22. The van der Waals surface area contributed by atoms with Crippen LogP contribution in [0.15, 0.2) is 24.3 Å². The van der Waals surface area contributed by atoms with Gasteiger partial charge in [0.1, 0.15) is 0 Å². The fraction of sp³-hybridized carbons (Fsp3) is 0.467. The number of rotatable bonds is 2.